The quantitative estimate of drug-likeness (QED) is 0.700. The normalized spacial score (nSPS) is 22.6. The van der Waals surface area contributed by atoms with Crippen molar-refractivity contribution in [2.75, 3.05) is 13.7 Å². The average Bonchev–Trinajstić information content (AvgIpc) is 2.59. The molecule has 0 aromatic carbocycles. The third-order valence-corrected chi connectivity index (χ3v) is 2.72. The highest BCUT2D eigenvalue weighted by Gasteiger charge is 2.25. The van der Waals surface area contributed by atoms with Crippen LogP contribution in [0.15, 0.2) is 11.1 Å². The van der Waals surface area contributed by atoms with Crippen LogP contribution in [0, 0.1) is 0 Å². The fourth-order valence-corrected chi connectivity index (χ4v) is 1.76. The summed E-state index contributed by atoms with van der Waals surface area (Å²) in [6, 6.07) is 0. The average molecular weight is 218 g/mol. The number of ether oxygens (including phenoxy) is 2. The van der Waals surface area contributed by atoms with Crippen LogP contribution >= 0.6 is 0 Å². The zero-order valence-corrected chi connectivity index (χ0v) is 8.36. The van der Waals surface area contributed by atoms with E-state index in [9.17, 15) is 4.21 Å². The van der Waals surface area contributed by atoms with Crippen molar-refractivity contribution in [1.29, 1.82) is 0 Å². The number of hydrogen-bond donors (Lipinski definition) is 1. The molecule has 0 amide bonds. The first-order valence-electron chi connectivity index (χ1n) is 4.04. The van der Waals surface area contributed by atoms with Gasteiger partial charge in [0, 0.05) is 7.11 Å². The summed E-state index contributed by atoms with van der Waals surface area (Å²) < 4.78 is 31.6. The second-order valence-corrected chi connectivity index (χ2v) is 3.85. The highest BCUT2D eigenvalue weighted by Crippen LogP contribution is 2.25. The minimum atomic E-state index is -2.05. The number of aromatic nitrogens is 2. The molecule has 2 atom stereocenters. The van der Waals surface area contributed by atoms with Crippen LogP contribution < -0.4 is 4.74 Å². The molecule has 78 valence electrons. The lowest BCUT2D eigenvalue weighted by Gasteiger charge is -2.22. The minimum absolute atomic E-state index is 0.0534. The Morgan fingerprint density at radius 1 is 1.86 bits per heavy atom. The van der Waals surface area contributed by atoms with Crippen molar-refractivity contribution < 1.29 is 18.2 Å². The predicted molar refractivity (Wildman–Crippen MR) is 47.6 cm³/mol. The summed E-state index contributed by atoms with van der Waals surface area (Å²) >= 11 is -2.05. The Hall–Kier alpha value is -0.920. The van der Waals surface area contributed by atoms with Crippen molar-refractivity contribution in [2.45, 2.75) is 17.5 Å². The van der Waals surface area contributed by atoms with Gasteiger partial charge in [-0.05, 0) is 0 Å². The molecule has 1 aliphatic heterocycles. The molecule has 1 aromatic heterocycles. The maximum atomic E-state index is 10.8. The number of methoxy groups -OCH3 is 1. The molecule has 0 fully saturated rings. The molecule has 7 heteroatoms. The Morgan fingerprint density at radius 3 is 3.29 bits per heavy atom. The van der Waals surface area contributed by atoms with E-state index in [0.29, 0.717) is 19.0 Å². The summed E-state index contributed by atoms with van der Waals surface area (Å²) in [6.07, 6.45) is 1.28. The van der Waals surface area contributed by atoms with Crippen LogP contribution in [-0.2, 0) is 22.4 Å². The Bertz CT molecular complexity index is 365. The smallest absolute Gasteiger partial charge is 0.231 e. The first kappa shape index (κ1) is 9.63. The highest BCUT2D eigenvalue weighted by molar-refractivity contribution is 7.79. The number of rotatable bonds is 2. The van der Waals surface area contributed by atoms with Gasteiger partial charge in [0.15, 0.2) is 11.1 Å². The van der Waals surface area contributed by atoms with E-state index < -0.39 is 11.1 Å². The number of nitrogens with zero attached hydrogens (tertiary/aromatic N) is 2. The van der Waals surface area contributed by atoms with Gasteiger partial charge in [-0.15, -0.1) is 0 Å². The van der Waals surface area contributed by atoms with Crippen LogP contribution in [0.2, 0.25) is 0 Å². The molecule has 0 saturated heterocycles. The van der Waals surface area contributed by atoms with Crippen molar-refractivity contribution in [3.63, 3.8) is 0 Å². The Balaban J connectivity index is 2.29. The van der Waals surface area contributed by atoms with Crippen LogP contribution in [0.5, 0.6) is 5.88 Å². The number of fused-ring (bicyclic) bond motifs is 1. The molecular formula is C7H10N2O4S. The maximum absolute atomic E-state index is 10.8. The largest absolute Gasteiger partial charge is 0.474 e. The van der Waals surface area contributed by atoms with E-state index in [0.717, 1.165) is 0 Å². The Labute approximate surface area is 83.1 Å². The van der Waals surface area contributed by atoms with E-state index in [1.165, 1.54) is 10.9 Å². The van der Waals surface area contributed by atoms with Crippen LogP contribution in [0.3, 0.4) is 0 Å². The van der Waals surface area contributed by atoms with Crippen LogP contribution in [0.1, 0.15) is 0 Å². The topological polar surface area (TPSA) is 73.6 Å². The summed E-state index contributed by atoms with van der Waals surface area (Å²) in [5, 5.41) is 3.93. The van der Waals surface area contributed by atoms with Crippen molar-refractivity contribution in [3.8, 4) is 5.88 Å². The van der Waals surface area contributed by atoms with E-state index >= 15 is 0 Å². The van der Waals surface area contributed by atoms with E-state index in [1.54, 1.807) is 7.11 Å². The van der Waals surface area contributed by atoms with Crippen LogP contribution in [0.4, 0.5) is 0 Å². The molecule has 2 heterocycles. The summed E-state index contributed by atoms with van der Waals surface area (Å²) in [5.74, 6) is 0.360. The Kier molecular flexibility index (Phi) is 2.53. The molecule has 2 rings (SSSR count). The first-order valence-corrected chi connectivity index (χ1v) is 5.15. The number of hydrogen-bond acceptors (Lipinski definition) is 4. The molecule has 0 bridgehead atoms. The molecule has 1 aliphatic rings. The van der Waals surface area contributed by atoms with Gasteiger partial charge in [0.05, 0.1) is 12.7 Å². The molecule has 0 spiro atoms. The van der Waals surface area contributed by atoms with E-state index in [4.69, 9.17) is 14.0 Å². The standard InChI is InChI=1S/C7H10N2O4S/c1-12-5-3-9-7(13-4-5)6(2-8-9)14(10)11/h2,5H,3-4H2,1H3,(H,10,11). The van der Waals surface area contributed by atoms with E-state index in [-0.39, 0.29) is 11.0 Å². The van der Waals surface area contributed by atoms with Gasteiger partial charge in [-0.25, -0.2) is 8.89 Å². The van der Waals surface area contributed by atoms with Gasteiger partial charge in [0.1, 0.15) is 17.6 Å². The van der Waals surface area contributed by atoms with E-state index in [1.807, 2.05) is 0 Å². The van der Waals surface area contributed by atoms with Crippen LogP contribution in [-0.4, -0.2) is 38.4 Å². The maximum Gasteiger partial charge on any atom is 0.231 e. The van der Waals surface area contributed by atoms with Crippen molar-refractivity contribution >= 4 is 11.1 Å². The van der Waals surface area contributed by atoms with Gasteiger partial charge in [-0.3, -0.25) is 0 Å². The van der Waals surface area contributed by atoms with Gasteiger partial charge in [-0.2, -0.15) is 5.10 Å². The van der Waals surface area contributed by atoms with E-state index in [2.05, 4.69) is 5.10 Å². The molecule has 14 heavy (non-hydrogen) atoms. The van der Waals surface area contributed by atoms with Gasteiger partial charge in [-0.1, -0.05) is 0 Å². The van der Waals surface area contributed by atoms with Crippen LogP contribution in [0.25, 0.3) is 0 Å². The summed E-state index contributed by atoms with van der Waals surface area (Å²) in [7, 11) is 1.59. The van der Waals surface area contributed by atoms with Gasteiger partial charge >= 0.3 is 0 Å². The zero-order valence-electron chi connectivity index (χ0n) is 7.54. The lowest BCUT2D eigenvalue weighted by atomic mass is 10.3. The summed E-state index contributed by atoms with van der Waals surface area (Å²) in [6.45, 7) is 0.926. The summed E-state index contributed by atoms with van der Waals surface area (Å²) in [5.41, 5.74) is 0. The summed E-state index contributed by atoms with van der Waals surface area (Å²) in [4.78, 5) is 0.208. The third kappa shape index (κ3) is 1.54. The third-order valence-electron chi connectivity index (χ3n) is 2.06. The molecular weight excluding hydrogens is 208 g/mol. The monoisotopic (exact) mass is 218 g/mol. The molecule has 1 N–H and O–H groups in total. The molecule has 1 aromatic rings. The Morgan fingerprint density at radius 2 is 2.64 bits per heavy atom. The fraction of sp³-hybridized carbons (Fsp3) is 0.571. The lowest BCUT2D eigenvalue weighted by molar-refractivity contribution is 0.0165. The van der Waals surface area contributed by atoms with Gasteiger partial charge < -0.3 is 14.0 Å². The first-order chi connectivity index (χ1) is 6.72. The second-order valence-electron chi connectivity index (χ2n) is 2.91. The molecule has 0 radical (unpaired) electrons. The SMILES string of the molecule is COC1COc2c(S(=O)O)cnn2C1. The van der Waals surface area contributed by atoms with Gasteiger partial charge in [0.2, 0.25) is 5.88 Å². The fourth-order valence-electron chi connectivity index (χ4n) is 1.31. The molecule has 6 nitrogen and oxygen atoms in total. The van der Waals surface area contributed by atoms with Crippen molar-refractivity contribution in [1.82, 2.24) is 9.78 Å². The van der Waals surface area contributed by atoms with Crippen molar-refractivity contribution in [3.05, 3.63) is 6.20 Å². The predicted octanol–water partition coefficient (Wildman–Crippen LogP) is -0.129. The minimum Gasteiger partial charge on any atom is -0.474 e. The molecule has 0 aliphatic carbocycles. The molecule has 2 unspecified atom stereocenters. The van der Waals surface area contributed by atoms with Gasteiger partial charge in [0.25, 0.3) is 0 Å². The molecule has 0 saturated carbocycles. The van der Waals surface area contributed by atoms with Crippen molar-refractivity contribution in [2.24, 2.45) is 0 Å². The lowest BCUT2D eigenvalue weighted by Crippen LogP contribution is -2.32. The second kappa shape index (κ2) is 3.68. The zero-order chi connectivity index (χ0) is 10.1. The highest BCUT2D eigenvalue weighted by atomic mass is 32.2.